The third kappa shape index (κ3) is 7.39. The minimum atomic E-state index is -0.384. The van der Waals surface area contributed by atoms with Crippen molar-refractivity contribution in [2.75, 3.05) is 20.3 Å². The summed E-state index contributed by atoms with van der Waals surface area (Å²) in [7, 11) is 1.60. The van der Waals surface area contributed by atoms with Crippen LogP contribution in [0.15, 0.2) is 79.0 Å². The molecular weight excluding hydrogens is 492 g/mol. The number of fused-ring (bicyclic) bond motifs is 1. The van der Waals surface area contributed by atoms with Gasteiger partial charge in [-0.1, -0.05) is 48.5 Å². The van der Waals surface area contributed by atoms with Crippen LogP contribution in [0.1, 0.15) is 30.0 Å². The van der Waals surface area contributed by atoms with Crippen LogP contribution in [0.3, 0.4) is 0 Å². The first kappa shape index (κ1) is 27.3. The molecule has 0 fully saturated rings. The second-order valence-corrected chi connectivity index (χ2v) is 9.25. The highest BCUT2D eigenvalue weighted by molar-refractivity contribution is 5.81. The number of methoxy groups -OCH3 is 1. The van der Waals surface area contributed by atoms with E-state index in [0.29, 0.717) is 37.4 Å². The predicted molar refractivity (Wildman–Crippen MR) is 148 cm³/mol. The Labute approximate surface area is 228 Å². The third-order valence-corrected chi connectivity index (χ3v) is 6.46. The van der Waals surface area contributed by atoms with Crippen LogP contribution >= 0.6 is 0 Å². The lowest BCUT2D eigenvalue weighted by molar-refractivity contribution is -0.131. The van der Waals surface area contributed by atoms with Gasteiger partial charge >= 0.3 is 0 Å². The van der Waals surface area contributed by atoms with Gasteiger partial charge in [0, 0.05) is 37.3 Å². The summed E-state index contributed by atoms with van der Waals surface area (Å²) in [5.74, 6) is 0.825. The van der Waals surface area contributed by atoms with Gasteiger partial charge in [0.1, 0.15) is 11.5 Å². The van der Waals surface area contributed by atoms with Gasteiger partial charge in [-0.15, -0.1) is 0 Å². The van der Waals surface area contributed by atoms with E-state index in [1.807, 2.05) is 54.7 Å². The van der Waals surface area contributed by atoms with Crippen molar-refractivity contribution in [3.63, 3.8) is 0 Å². The van der Waals surface area contributed by atoms with Gasteiger partial charge in [0.05, 0.1) is 31.3 Å². The Balaban J connectivity index is 1.47. The number of carbonyl (C=O) groups is 2. The molecule has 8 heteroatoms. The largest absolute Gasteiger partial charge is 0.496 e. The lowest BCUT2D eigenvalue weighted by Gasteiger charge is -2.28. The molecule has 3 aromatic carbocycles. The second-order valence-electron chi connectivity index (χ2n) is 9.25. The Morgan fingerprint density at radius 2 is 1.79 bits per heavy atom. The van der Waals surface area contributed by atoms with Crippen molar-refractivity contribution in [2.45, 2.75) is 32.4 Å². The van der Waals surface area contributed by atoms with E-state index in [4.69, 9.17) is 14.7 Å². The van der Waals surface area contributed by atoms with Gasteiger partial charge in [0.15, 0.2) is 6.61 Å². The van der Waals surface area contributed by atoms with Gasteiger partial charge in [-0.2, -0.15) is 5.26 Å². The van der Waals surface area contributed by atoms with E-state index in [0.717, 1.165) is 28.0 Å². The van der Waals surface area contributed by atoms with E-state index in [9.17, 15) is 9.59 Å². The standard InChI is InChI=1S/C31H31N4O4/c1-22(36)35(19-24-7-3-6-10-30(24)38-2)20-26(17-25-18-33-29-9-5-4-8-28(25)29)34-31(37)21-39-27-13-11-23(12-14-27)15-16-32/h3-14,18,26H,15,17,19-21H2,1-2H3,(H,34,37). The van der Waals surface area contributed by atoms with E-state index in [1.165, 1.54) is 6.92 Å². The van der Waals surface area contributed by atoms with E-state index in [-0.39, 0.29) is 24.5 Å². The minimum absolute atomic E-state index is 0.112. The molecule has 8 nitrogen and oxygen atoms in total. The normalized spacial score (nSPS) is 12.3. The fourth-order valence-corrected chi connectivity index (χ4v) is 4.49. The molecule has 4 rings (SSSR count). The molecule has 0 aliphatic carbocycles. The SMILES string of the molecule is COc1ccccc1CN(CC(CC1=C[N]c2ccccc21)NC(=O)COc1ccc(CC#N)cc1)C(C)=O. The maximum Gasteiger partial charge on any atom is 0.258 e. The number of carbonyl (C=O) groups excluding carboxylic acids is 2. The van der Waals surface area contributed by atoms with Crippen molar-refractivity contribution < 1.29 is 19.1 Å². The van der Waals surface area contributed by atoms with Crippen LogP contribution in [0.25, 0.3) is 5.57 Å². The molecule has 0 bridgehead atoms. The van der Waals surface area contributed by atoms with E-state index in [2.05, 4.69) is 16.7 Å². The number of hydrogen-bond acceptors (Lipinski definition) is 5. The van der Waals surface area contributed by atoms with Crippen LogP contribution in [-0.2, 0) is 22.6 Å². The number of hydrogen-bond donors (Lipinski definition) is 1. The molecular formula is C31H31N4O4. The Morgan fingerprint density at radius 1 is 1.05 bits per heavy atom. The van der Waals surface area contributed by atoms with Crippen LogP contribution < -0.4 is 20.1 Å². The van der Waals surface area contributed by atoms with Crippen LogP contribution in [0, 0.1) is 11.3 Å². The molecule has 1 atom stereocenters. The van der Waals surface area contributed by atoms with Crippen LogP contribution in [-0.4, -0.2) is 43.0 Å². The lowest BCUT2D eigenvalue weighted by atomic mass is 9.99. The summed E-state index contributed by atoms with van der Waals surface area (Å²) >= 11 is 0. The number of nitrogens with one attached hydrogen (secondary N) is 1. The Morgan fingerprint density at radius 3 is 2.54 bits per heavy atom. The number of amides is 2. The zero-order chi connectivity index (χ0) is 27.6. The maximum atomic E-state index is 13.0. The monoisotopic (exact) mass is 523 g/mol. The quantitative estimate of drug-likeness (QED) is 0.380. The zero-order valence-corrected chi connectivity index (χ0v) is 22.1. The molecule has 0 saturated carbocycles. The van der Waals surface area contributed by atoms with Crippen molar-refractivity contribution in [1.82, 2.24) is 15.5 Å². The summed E-state index contributed by atoms with van der Waals surface area (Å²) in [6, 6.07) is 24.2. The van der Waals surface area contributed by atoms with Crippen LogP contribution in [0.5, 0.6) is 11.5 Å². The summed E-state index contributed by atoms with van der Waals surface area (Å²) in [6.07, 6.45) is 2.63. The Bertz CT molecular complexity index is 1380. The van der Waals surface area contributed by atoms with Gasteiger partial charge in [0.25, 0.3) is 5.91 Å². The van der Waals surface area contributed by atoms with Crippen molar-refractivity contribution >= 4 is 23.1 Å². The number of rotatable bonds is 12. The first-order valence-electron chi connectivity index (χ1n) is 12.7. The molecule has 1 aliphatic rings. The molecule has 39 heavy (non-hydrogen) atoms. The summed E-state index contributed by atoms with van der Waals surface area (Å²) in [5.41, 5.74) is 4.65. The average molecular weight is 524 g/mol. The molecule has 1 N–H and O–H groups in total. The molecule has 199 valence electrons. The van der Waals surface area contributed by atoms with Crippen LogP contribution in [0.2, 0.25) is 0 Å². The number of para-hydroxylation sites is 2. The number of benzene rings is 3. The zero-order valence-electron chi connectivity index (χ0n) is 22.1. The molecule has 0 spiro atoms. The summed E-state index contributed by atoms with van der Waals surface area (Å²) in [5, 5.41) is 16.4. The smallest absolute Gasteiger partial charge is 0.258 e. The molecule has 1 radical (unpaired) electrons. The van der Waals surface area contributed by atoms with E-state index in [1.54, 1.807) is 36.3 Å². The summed E-state index contributed by atoms with van der Waals surface area (Å²) < 4.78 is 11.2. The van der Waals surface area contributed by atoms with Crippen molar-refractivity contribution in [2.24, 2.45) is 0 Å². The second kappa shape index (κ2) is 13.2. The summed E-state index contributed by atoms with van der Waals surface area (Å²) in [6.45, 7) is 1.98. The van der Waals surface area contributed by atoms with Crippen LogP contribution in [0.4, 0.5) is 5.69 Å². The number of nitrogens with zero attached hydrogens (tertiary/aromatic N) is 3. The molecule has 2 amide bonds. The predicted octanol–water partition coefficient (Wildman–Crippen LogP) is 4.35. The van der Waals surface area contributed by atoms with Gasteiger partial charge in [-0.25, -0.2) is 0 Å². The highest BCUT2D eigenvalue weighted by atomic mass is 16.5. The highest BCUT2D eigenvalue weighted by Crippen LogP contribution is 2.33. The van der Waals surface area contributed by atoms with Gasteiger partial charge < -0.3 is 19.7 Å². The van der Waals surface area contributed by atoms with Crippen molar-refractivity contribution in [3.05, 3.63) is 95.7 Å². The summed E-state index contributed by atoms with van der Waals surface area (Å²) in [4.78, 5) is 27.4. The third-order valence-electron chi connectivity index (χ3n) is 6.46. The van der Waals surface area contributed by atoms with Crippen molar-refractivity contribution in [1.29, 1.82) is 5.26 Å². The van der Waals surface area contributed by atoms with E-state index < -0.39 is 0 Å². The van der Waals surface area contributed by atoms with Gasteiger partial charge in [-0.3, -0.25) is 14.9 Å². The molecule has 3 aromatic rings. The fourth-order valence-electron chi connectivity index (χ4n) is 4.49. The first-order valence-corrected chi connectivity index (χ1v) is 12.7. The minimum Gasteiger partial charge on any atom is -0.496 e. The molecule has 1 aliphatic heterocycles. The Hall–Kier alpha value is -4.77. The lowest BCUT2D eigenvalue weighted by Crippen LogP contribution is -2.46. The number of nitriles is 1. The Kier molecular flexibility index (Phi) is 9.20. The topological polar surface area (TPSA) is 106 Å². The van der Waals surface area contributed by atoms with Crippen molar-refractivity contribution in [3.8, 4) is 17.6 Å². The van der Waals surface area contributed by atoms with E-state index >= 15 is 0 Å². The molecule has 0 aromatic heterocycles. The van der Waals surface area contributed by atoms with Gasteiger partial charge in [-0.05, 0) is 41.8 Å². The maximum absolute atomic E-state index is 13.0. The molecule has 0 saturated heterocycles. The highest BCUT2D eigenvalue weighted by Gasteiger charge is 2.24. The fraction of sp³-hybridized carbons (Fsp3) is 0.258. The molecule has 1 heterocycles. The average Bonchev–Trinajstić information content (AvgIpc) is 3.35. The first-order chi connectivity index (χ1) is 19.0. The molecule has 1 unspecified atom stereocenters. The number of ether oxygens (including phenoxy) is 2. The van der Waals surface area contributed by atoms with Gasteiger partial charge in [0.2, 0.25) is 5.91 Å².